The first-order valence-corrected chi connectivity index (χ1v) is 12.1. The van der Waals surface area contributed by atoms with Crippen molar-refractivity contribution >= 4 is 11.8 Å². The summed E-state index contributed by atoms with van der Waals surface area (Å²) in [5.74, 6) is 0.410. The van der Waals surface area contributed by atoms with Gasteiger partial charge in [-0.05, 0) is 42.4 Å². The first-order chi connectivity index (χ1) is 15.8. The van der Waals surface area contributed by atoms with Gasteiger partial charge in [0.2, 0.25) is 5.91 Å². The molecule has 1 fully saturated rings. The van der Waals surface area contributed by atoms with Gasteiger partial charge < -0.3 is 15.0 Å². The quantitative estimate of drug-likeness (QED) is 0.599. The van der Waals surface area contributed by atoms with Crippen molar-refractivity contribution in [3.63, 3.8) is 0 Å². The molecule has 0 aliphatic heterocycles. The van der Waals surface area contributed by atoms with Gasteiger partial charge in [-0.1, -0.05) is 88.6 Å². The van der Waals surface area contributed by atoms with E-state index in [1.807, 2.05) is 61.5 Å². The highest BCUT2D eigenvalue weighted by atomic mass is 16.5. The Kier molecular flexibility index (Phi) is 8.54. The number of rotatable bonds is 8. The lowest BCUT2D eigenvalue weighted by atomic mass is 9.86. The largest absolute Gasteiger partial charge is 0.483 e. The summed E-state index contributed by atoms with van der Waals surface area (Å²) in [6.45, 7) is 8.43. The summed E-state index contributed by atoms with van der Waals surface area (Å²) in [7, 11) is 0. The minimum Gasteiger partial charge on any atom is -0.483 e. The van der Waals surface area contributed by atoms with E-state index in [9.17, 15) is 9.59 Å². The molecule has 0 radical (unpaired) electrons. The van der Waals surface area contributed by atoms with E-state index in [2.05, 4.69) is 26.1 Å². The van der Waals surface area contributed by atoms with E-state index in [4.69, 9.17) is 4.74 Å². The third kappa shape index (κ3) is 7.08. The first kappa shape index (κ1) is 24.8. The van der Waals surface area contributed by atoms with Gasteiger partial charge in [0.05, 0.1) is 0 Å². The molecule has 0 saturated heterocycles. The van der Waals surface area contributed by atoms with Crippen LogP contribution >= 0.6 is 0 Å². The smallest absolute Gasteiger partial charge is 0.261 e. The molecule has 1 aliphatic carbocycles. The zero-order valence-corrected chi connectivity index (χ0v) is 20.5. The molecule has 2 aromatic carbocycles. The van der Waals surface area contributed by atoms with Gasteiger partial charge >= 0.3 is 0 Å². The van der Waals surface area contributed by atoms with Crippen LogP contribution in [0.15, 0.2) is 54.6 Å². The van der Waals surface area contributed by atoms with Gasteiger partial charge in [-0.3, -0.25) is 9.59 Å². The summed E-state index contributed by atoms with van der Waals surface area (Å²) in [5.41, 5.74) is 1.94. The van der Waals surface area contributed by atoms with Gasteiger partial charge in [0.25, 0.3) is 5.91 Å². The van der Waals surface area contributed by atoms with Crippen molar-refractivity contribution < 1.29 is 14.3 Å². The van der Waals surface area contributed by atoms with Crippen LogP contribution < -0.4 is 10.1 Å². The predicted molar refractivity (Wildman–Crippen MR) is 132 cm³/mol. The molecule has 33 heavy (non-hydrogen) atoms. The summed E-state index contributed by atoms with van der Waals surface area (Å²) in [6, 6.07) is 17.2. The molecule has 0 heterocycles. The van der Waals surface area contributed by atoms with Crippen molar-refractivity contribution in [2.45, 2.75) is 83.8 Å². The van der Waals surface area contributed by atoms with Crippen LogP contribution in [0.4, 0.5) is 0 Å². The zero-order valence-electron chi connectivity index (χ0n) is 20.5. The van der Waals surface area contributed by atoms with E-state index in [0.717, 1.165) is 36.8 Å². The Labute approximate surface area is 198 Å². The molecular weight excluding hydrogens is 412 g/mol. The third-order valence-electron chi connectivity index (χ3n) is 6.36. The number of para-hydroxylation sites is 1. The lowest BCUT2D eigenvalue weighted by Gasteiger charge is -2.31. The Bertz CT molecular complexity index is 914. The zero-order chi connectivity index (χ0) is 23.8. The van der Waals surface area contributed by atoms with Crippen molar-refractivity contribution in [1.29, 1.82) is 0 Å². The van der Waals surface area contributed by atoms with Crippen LogP contribution in [0.5, 0.6) is 5.75 Å². The highest BCUT2D eigenvalue weighted by Crippen LogP contribution is 2.31. The third-order valence-corrected chi connectivity index (χ3v) is 6.36. The number of benzene rings is 2. The van der Waals surface area contributed by atoms with Gasteiger partial charge in [0, 0.05) is 12.6 Å². The van der Waals surface area contributed by atoms with E-state index in [0.29, 0.717) is 12.3 Å². The maximum atomic E-state index is 13.3. The highest BCUT2D eigenvalue weighted by Gasteiger charge is 2.29. The summed E-state index contributed by atoms with van der Waals surface area (Å²) in [6.07, 6.45) is 5.55. The molecule has 0 bridgehead atoms. The molecule has 5 heteroatoms. The molecule has 0 unspecified atom stereocenters. The number of nitrogens with one attached hydrogen (secondary N) is 1. The standard InChI is InChI=1S/C28H38N2O3/c1-21(27(32)29-23-15-9-6-10-16-23)30(19-22-13-7-5-8-14-22)26(31)20-33-25-18-12-11-17-24(25)28(2,3)4/h5,7-8,11-14,17-18,21,23H,6,9-10,15-16,19-20H2,1-4H3,(H,29,32)/t21-/m1/s1. The number of hydrogen-bond acceptors (Lipinski definition) is 3. The lowest BCUT2D eigenvalue weighted by Crippen LogP contribution is -2.51. The highest BCUT2D eigenvalue weighted by molar-refractivity contribution is 5.88. The SMILES string of the molecule is C[C@H](C(=O)NC1CCCCC1)N(Cc1ccccc1)C(=O)COc1ccccc1C(C)(C)C. The van der Waals surface area contributed by atoms with E-state index in [-0.39, 0.29) is 29.9 Å². The number of hydrogen-bond donors (Lipinski definition) is 1. The average molecular weight is 451 g/mol. The second-order valence-corrected chi connectivity index (χ2v) is 10.1. The molecule has 0 spiro atoms. The number of carbonyl (C=O) groups is 2. The van der Waals surface area contributed by atoms with Crippen molar-refractivity contribution in [2.75, 3.05) is 6.61 Å². The summed E-state index contributed by atoms with van der Waals surface area (Å²) in [5, 5.41) is 3.17. The molecule has 3 rings (SSSR count). The van der Waals surface area contributed by atoms with Crippen molar-refractivity contribution in [3.8, 4) is 5.75 Å². The Morgan fingerprint density at radius 3 is 2.30 bits per heavy atom. The van der Waals surface area contributed by atoms with E-state index >= 15 is 0 Å². The minimum atomic E-state index is -0.582. The fraction of sp³-hybridized carbons (Fsp3) is 0.500. The van der Waals surface area contributed by atoms with Gasteiger partial charge in [0.15, 0.2) is 6.61 Å². The van der Waals surface area contributed by atoms with Crippen molar-refractivity contribution in [3.05, 3.63) is 65.7 Å². The summed E-state index contributed by atoms with van der Waals surface area (Å²) < 4.78 is 6.00. The van der Waals surface area contributed by atoms with Gasteiger partial charge in [-0.2, -0.15) is 0 Å². The van der Waals surface area contributed by atoms with Crippen LogP contribution in [-0.4, -0.2) is 35.4 Å². The molecule has 1 aliphatic rings. The molecule has 1 saturated carbocycles. The van der Waals surface area contributed by atoms with Crippen LogP contribution in [0, 0.1) is 0 Å². The number of ether oxygens (including phenoxy) is 1. The monoisotopic (exact) mass is 450 g/mol. The Hall–Kier alpha value is -2.82. The second kappa shape index (κ2) is 11.4. The van der Waals surface area contributed by atoms with Gasteiger partial charge in [0.1, 0.15) is 11.8 Å². The van der Waals surface area contributed by atoms with E-state index in [1.54, 1.807) is 4.90 Å². The topological polar surface area (TPSA) is 58.6 Å². The molecule has 1 N–H and O–H groups in total. The first-order valence-electron chi connectivity index (χ1n) is 12.1. The van der Waals surface area contributed by atoms with Crippen LogP contribution in [0.25, 0.3) is 0 Å². The van der Waals surface area contributed by atoms with Crippen LogP contribution in [0.3, 0.4) is 0 Å². The summed E-state index contributed by atoms with van der Waals surface area (Å²) >= 11 is 0. The fourth-order valence-electron chi connectivity index (χ4n) is 4.37. The van der Waals surface area contributed by atoms with Crippen LogP contribution in [-0.2, 0) is 21.5 Å². The fourth-order valence-corrected chi connectivity index (χ4v) is 4.37. The molecule has 1 atom stereocenters. The molecule has 5 nitrogen and oxygen atoms in total. The number of nitrogens with zero attached hydrogens (tertiary/aromatic N) is 1. The van der Waals surface area contributed by atoms with E-state index in [1.165, 1.54) is 6.42 Å². The maximum Gasteiger partial charge on any atom is 0.261 e. The normalized spacial score (nSPS) is 15.5. The minimum absolute atomic E-state index is 0.0960. The predicted octanol–water partition coefficient (Wildman–Crippen LogP) is 5.23. The number of amides is 2. The Morgan fingerprint density at radius 2 is 1.64 bits per heavy atom. The van der Waals surface area contributed by atoms with Crippen LogP contribution in [0.1, 0.15) is 70.9 Å². The Morgan fingerprint density at radius 1 is 1.00 bits per heavy atom. The molecule has 2 amide bonds. The molecule has 0 aromatic heterocycles. The molecular formula is C28H38N2O3. The molecule has 178 valence electrons. The Balaban J connectivity index is 1.73. The average Bonchev–Trinajstić information content (AvgIpc) is 2.81. The lowest BCUT2D eigenvalue weighted by molar-refractivity contribution is -0.142. The van der Waals surface area contributed by atoms with Gasteiger partial charge in [-0.15, -0.1) is 0 Å². The maximum absolute atomic E-state index is 13.3. The van der Waals surface area contributed by atoms with Gasteiger partial charge in [-0.25, -0.2) is 0 Å². The van der Waals surface area contributed by atoms with E-state index < -0.39 is 6.04 Å². The number of carbonyl (C=O) groups excluding carboxylic acids is 2. The molecule has 2 aromatic rings. The van der Waals surface area contributed by atoms with Crippen molar-refractivity contribution in [1.82, 2.24) is 10.2 Å². The van der Waals surface area contributed by atoms with Crippen LogP contribution in [0.2, 0.25) is 0 Å². The summed E-state index contributed by atoms with van der Waals surface area (Å²) in [4.78, 5) is 28.0. The van der Waals surface area contributed by atoms with Crippen molar-refractivity contribution in [2.24, 2.45) is 0 Å². The second-order valence-electron chi connectivity index (χ2n) is 10.1.